The van der Waals surface area contributed by atoms with Crippen molar-refractivity contribution in [2.45, 2.75) is 6.92 Å². The molecule has 1 N–H and O–H groups in total. The molecule has 0 radical (unpaired) electrons. The summed E-state index contributed by atoms with van der Waals surface area (Å²) in [4.78, 5) is 11.1. The van der Waals surface area contributed by atoms with Gasteiger partial charge in [0, 0.05) is 4.47 Å². The lowest BCUT2D eigenvalue weighted by atomic mass is 9.99. The molecule has 2 nitrogen and oxygen atoms in total. The Hall–Kier alpha value is -1.61. The fourth-order valence-electron chi connectivity index (χ4n) is 1.75. The molecule has 0 bridgehead atoms. The van der Waals surface area contributed by atoms with E-state index in [1.54, 1.807) is 12.1 Å². The predicted molar refractivity (Wildman–Crippen MR) is 71.3 cm³/mol. The van der Waals surface area contributed by atoms with Gasteiger partial charge in [-0.05, 0) is 51.7 Å². The van der Waals surface area contributed by atoms with Crippen LogP contribution >= 0.6 is 15.9 Å². The van der Waals surface area contributed by atoms with Gasteiger partial charge in [0.1, 0.15) is 0 Å². The van der Waals surface area contributed by atoms with Gasteiger partial charge in [-0.2, -0.15) is 0 Å². The molecule has 0 unspecified atom stereocenters. The number of hydrogen-bond donors (Lipinski definition) is 1. The van der Waals surface area contributed by atoms with E-state index >= 15 is 0 Å². The predicted octanol–water partition coefficient (Wildman–Crippen LogP) is 4.12. The molecular formula is C14H11BrO2. The van der Waals surface area contributed by atoms with Crippen molar-refractivity contribution in [2.24, 2.45) is 0 Å². The molecule has 3 heteroatoms. The molecule has 2 rings (SSSR count). The minimum absolute atomic E-state index is 0.283. The van der Waals surface area contributed by atoms with Gasteiger partial charge in [0.25, 0.3) is 0 Å². The van der Waals surface area contributed by atoms with Crippen LogP contribution in [0.2, 0.25) is 0 Å². The molecule has 0 aliphatic carbocycles. The molecule has 0 aliphatic heterocycles. The zero-order chi connectivity index (χ0) is 12.4. The number of aryl methyl sites for hydroxylation is 1. The summed E-state index contributed by atoms with van der Waals surface area (Å²) < 4.78 is 0.599. The average molecular weight is 291 g/mol. The topological polar surface area (TPSA) is 37.3 Å². The summed E-state index contributed by atoms with van der Waals surface area (Å²) in [6.45, 7) is 2.01. The van der Waals surface area contributed by atoms with Crippen molar-refractivity contribution in [3.63, 3.8) is 0 Å². The first-order valence-electron chi connectivity index (χ1n) is 5.18. The van der Waals surface area contributed by atoms with Crippen LogP contribution in [0.1, 0.15) is 15.9 Å². The van der Waals surface area contributed by atoms with Crippen molar-refractivity contribution in [1.29, 1.82) is 0 Å². The third kappa shape index (κ3) is 2.39. The van der Waals surface area contributed by atoms with Gasteiger partial charge in [0.2, 0.25) is 0 Å². The smallest absolute Gasteiger partial charge is 0.336 e. The lowest BCUT2D eigenvalue weighted by molar-refractivity contribution is 0.0696. The minimum Gasteiger partial charge on any atom is -0.478 e. The summed E-state index contributed by atoms with van der Waals surface area (Å²) in [5.41, 5.74) is 3.39. The first-order valence-corrected chi connectivity index (χ1v) is 5.98. The molecule has 17 heavy (non-hydrogen) atoms. The SMILES string of the molecule is Cc1ccccc1-c1ccc(Br)c(C(=O)O)c1. The van der Waals surface area contributed by atoms with E-state index in [9.17, 15) is 4.79 Å². The van der Waals surface area contributed by atoms with E-state index in [1.807, 2.05) is 37.3 Å². The van der Waals surface area contributed by atoms with E-state index in [4.69, 9.17) is 5.11 Å². The van der Waals surface area contributed by atoms with E-state index in [-0.39, 0.29) is 5.56 Å². The minimum atomic E-state index is -0.924. The summed E-state index contributed by atoms with van der Waals surface area (Å²) in [6.07, 6.45) is 0. The monoisotopic (exact) mass is 290 g/mol. The van der Waals surface area contributed by atoms with Gasteiger partial charge in [0.05, 0.1) is 5.56 Å². The van der Waals surface area contributed by atoms with Crippen LogP contribution in [0.5, 0.6) is 0 Å². The van der Waals surface area contributed by atoms with Crippen LogP contribution in [0, 0.1) is 6.92 Å². The van der Waals surface area contributed by atoms with Crippen LogP contribution in [-0.4, -0.2) is 11.1 Å². The van der Waals surface area contributed by atoms with E-state index < -0.39 is 5.97 Å². The van der Waals surface area contributed by atoms with E-state index in [1.165, 1.54) is 0 Å². The maximum Gasteiger partial charge on any atom is 0.336 e. The van der Waals surface area contributed by atoms with Crippen LogP contribution in [0.4, 0.5) is 0 Å². The summed E-state index contributed by atoms with van der Waals surface area (Å²) in [5.74, 6) is -0.924. The Kier molecular flexibility index (Phi) is 3.29. The maximum atomic E-state index is 11.1. The quantitative estimate of drug-likeness (QED) is 0.903. The summed E-state index contributed by atoms with van der Waals surface area (Å²) in [6, 6.07) is 13.3. The fourth-order valence-corrected chi connectivity index (χ4v) is 2.17. The van der Waals surface area contributed by atoms with Crippen LogP contribution in [0.25, 0.3) is 11.1 Å². The largest absolute Gasteiger partial charge is 0.478 e. The normalized spacial score (nSPS) is 10.2. The van der Waals surface area contributed by atoms with Gasteiger partial charge < -0.3 is 5.11 Å². The van der Waals surface area contributed by atoms with Crippen molar-refractivity contribution in [3.8, 4) is 11.1 Å². The maximum absolute atomic E-state index is 11.1. The molecule has 0 aliphatic rings. The molecule has 0 saturated heterocycles. The highest BCUT2D eigenvalue weighted by Gasteiger charge is 2.10. The molecule has 0 saturated carbocycles. The Morgan fingerprint density at radius 2 is 1.88 bits per heavy atom. The third-order valence-electron chi connectivity index (χ3n) is 2.65. The number of carboxylic acid groups (broad SMARTS) is 1. The van der Waals surface area contributed by atoms with E-state index in [0.717, 1.165) is 16.7 Å². The van der Waals surface area contributed by atoms with Crippen molar-refractivity contribution < 1.29 is 9.90 Å². The second-order valence-corrected chi connectivity index (χ2v) is 4.67. The van der Waals surface area contributed by atoms with Crippen molar-refractivity contribution in [2.75, 3.05) is 0 Å². The first-order chi connectivity index (χ1) is 8.09. The molecule has 0 spiro atoms. The Balaban J connectivity index is 2.58. The van der Waals surface area contributed by atoms with Crippen molar-refractivity contribution >= 4 is 21.9 Å². The van der Waals surface area contributed by atoms with Crippen molar-refractivity contribution in [1.82, 2.24) is 0 Å². The molecule has 2 aromatic carbocycles. The second-order valence-electron chi connectivity index (χ2n) is 3.81. The van der Waals surface area contributed by atoms with Crippen LogP contribution in [0.15, 0.2) is 46.9 Å². The molecule has 0 aromatic heterocycles. The summed E-state index contributed by atoms with van der Waals surface area (Å²) >= 11 is 3.24. The van der Waals surface area contributed by atoms with E-state index in [2.05, 4.69) is 15.9 Å². The first kappa shape index (κ1) is 11.9. The Morgan fingerprint density at radius 1 is 1.18 bits per heavy atom. The van der Waals surface area contributed by atoms with Gasteiger partial charge in [-0.3, -0.25) is 0 Å². The molecule has 0 atom stereocenters. The third-order valence-corrected chi connectivity index (χ3v) is 3.34. The number of benzene rings is 2. The van der Waals surface area contributed by atoms with E-state index in [0.29, 0.717) is 4.47 Å². The van der Waals surface area contributed by atoms with Crippen LogP contribution in [-0.2, 0) is 0 Å². The number of carbonyl (C=O) groups is 1. The molecule has 0 amide bonds. The molecule has 0 fully saturated rings. The average Bonchev–Trinajstić information content (AvgIpc) is 2.30. The zero-order valence-electron chi connectivity index (χ0n) is 9.27. The Labute approximate surface area is 108 Å². The van der Waals surface area contributed by atoms with Crippen LogP contribution in [0.3, 0.4) is 0 Å². The standard InChI is InChI=1S/C14H11BrO2/c1-9-4-2-3-5-11(9)10-6-7-13(15)12(8-10)14(16)17/h2-8H,1H3,(H,16,17). The second kappa shape index (κ2) is 4.72. The lowest BCUT2D eigenvalue weighted by Crippen LogP contribution is -1.98. The highest BCUT2D eigenvalue weighted by atomic mass is 79.9. The number of rotatable bonds is 2. The van der Waals surface area contributed by atoms with Gasteiger partial charge in [-0.1, -0.05) is 30.3 Å². The molecule has 86 valence electrons. The highest BCUT2D eigenvalue weighted by molar-refractivity contribution is 9.10. The molecule has 0 heterocycles. The number of halogens is 1. The zero-order valence-corrected chi connectivity index (χ0v) is 10.9. The fraction of sp³-hybridized carbons (Fsp3) is 0.0714. The molecular weight excluding hydrogens is 280 g/mol. The number of carboxylic acids is 1. The van der Waals surface area contributed by atoms with Crippen LogP contribution < -0.4 is 0 Å². The lowest BCUT2D eigenvalue weighted by Gasteiger charge is -2.07. The van der Waals surface area contributed by atoms with Gasteiger partial charge >= 0.3 is 5.97 Å². The highest BCUT2D eigenvalue weighted by Crippen LogP contribution is 2.27. The van der Waals surface area contributed by atoms with Crippen molar-refractivity contribution in [3.05, 3.63) is 58.1 Å². The summed E-state index contributed by atoms with van der Waals surface area (Å²) in [5, 5.41) is 9.08. The molecule has 2 aromatic rings. The van der Waals surface area contributed by atoms with Gasteiger partial charge in [0.15, 0.2) is 0 Å². The number of hydrogen-bond acceptors (Lipinski definition) is 1. The Bertz CT molecular complexity index is 576. The van der Waals surface area contributed by atoms with Gasteiger partial charge in [-0.15, -0.1) is 0 Å². The van der Waals surface area contributed by atoms with Gasteiger partial charge in [-0.25, -0.2) is 4.79 Å². The summed E-state index contributed by atoms with van der Waals surface area (Å²) in [7, 11) is 0. The Morgan fingerprint density at radius 3 is 2.53 bits per heavy atom. The number of aromatic carboxylic acids is 1.